The summed E-state index contributed by atoms with van der Waals surface area (Å²) in [6, 6.07) is 9.28. The van der Waals surface area contributed by atoms with E-state index in [1.54, 1.807) is 31.2 Å². The molecule has 1 atom stereocenters. The largest absolute Gasteiger partial charge is 0.416 e. The molecule has 0 spiro atoms. The van der Waals surface area contributed by atoms with Crippen LogP contribution in [0.4, 0.5) is 18.9 Å². The highest BCUT2D eigenvalue weighted by atomic mass is 35.6. The molecule has 10 heteroatoms. The Kier molecular flexibility index (Phi) is 6.79. The molecule has 0 radical (unpaired) electrons. The van der Waals surface area contributed by atoms with Crippen molar-refractivity contribution in [1.82, 2.24) is 5.32 Å². The van der Waals surface area contributed by atoms with Crippen molar-refractivity contribution in [2.24, 2.45) is 0 Å². The number of anilines is 1. The molecule has 0 bridgehead atoms. The highest BCUT2D eigenvalue weighted by Gasteiger charge is 2.36. The van der Waals surface area contributed by atoms with Crippen molar-refractivity contribution in [1.29, 1.82) is 0 Å². The summed E-state index contributed by atoms with van der Waals surface area (Å²) in [4.78, 5) is 12.4. The van der Waals surface area contributed by atoms with Gasteiger partial charge in [0.15, 0.2) is 0 Å². The van der Waals surface area contributed by atoms with E-state index in [4.69, 9.17) is 46.4 Å². The van der Waals surface area contributed by atoms with Gasteiger partial charge in [0.2, 0.25) is 3.79 Å². The number of rotatable bonds is 4. The quantitative estimate of drug-likeness (QED) is 0.421. The van der Waals surface area contributed by atoms with Crippen molar-refractivity contribution in [3.05, 3.63) is 64.2 Å². The second-order valence-electron chi connectivity index (χ2n) is 5.65. The highest BCUT2D eigenvalue weighted by molar-refractivity contribution is 6.68. The monoisotopic (exact) mass is 458 g/mol. The number of alkyl halides is 6. The van der Waals surface area contributed by atoms with Gasteiger partial charge in [0, 0.05) is 5.56 Å². The summed E-state index contributed by atoms with van der Waals surface area (Å²) in [5, 5.41) is 4.97. The molecule has 0 fully saturated rings. The van der Waals surface area contributed by atoms with Crippen LogP contribution in [0.15, 0.2) is 42.5 Å². The first kappa shape index (κ1) is 22.0. The molecule has 0 saturated heterocycles. The van der Waals surface area contributed by atoms with Gasteiger partial charge in [-0.05, 0) is 37.3 Å². The lowest BCUT2D eigenvalue weighted by molar-refractivity contribution is -0.137. The van der Waals surface area contributed by atoms with E-state index >= 15 is 0 Å². The molecule has 0 aliphatic carbocycles. The molecule has 2 aromatic carbocycles. The van der Waals surface area contributed by atoms with Gasteiger partial charge in [0.1, 0.15) is 6.17 Å². The van der Waals surface area contributed by atoms with Gasteiger partial charge < -0.3 is 10.6 Å². The van der Waals surface area contributed by atoms with Crippen molar-refractivity contribution in [3.63, 3.8) is 0 Å². The summed E-state index contributed by atoms with van der Waals surface area (Å²) >= 11 is 23.6. The number of hydrogen-bond donors (Lipinski definition) is 2. The van der Waals surface area contributed by atoms with Gasteiger partial charge in [-0.15, -0.1) is 0 Å². The zero-order chi connectivity index (χ0) is 20.4. The number of benzene rings is 2. The van der Waals surface area contributed by atoms with Gasteiger partial charge >= 0.3 is 6.18 Å². The van der Waals surface area contributed by atoms with E-state index in [2.05, 4.69) is 10.6 Å². The smallest absolute Gasteiger partial charge is 0.361 e. The Bertz CT molecular complexity index is 838. The zero-order valence-corrected chi connectivity index (χ0v) is 16.7. The molecule has 0 aromatic heterocycles. The van der Waals surface area contributed by atoms with E-state index in [9.17, 15) is 18.0 Å². The normalized spacial score (nSPS) is 13.2. The summed E-state index contributed by atoms with van der Waals surface area (Å²) in [7, 11) is 0. The first-order valence-corrected chi connectivity index (χ1v) is 8.96. The van der Waals surface area contributed by atoms with Crippen LogP contribution in [0.25, 0.3) is 0 Å². The van der Waals surface area contributed by atoms with Gasteiger partial charge in [-0.25, -0.2) is 0 Å². The van der Waals surface area contributed by atoms with Crippen LogP contribution in [0.3, 0.4) is 0 Å². The number of amides is 1. The summed E-state index contributed by atoms with van der Waals surface area (Å²) in [6.45, 7) is 1.80. The number of halogens is 7. The van der Waals surface area contributed by atoms with Gasteiger partial charge in [0.05, 0.1) is 16.3 Å². The molecule has 2 N–H and O–H groups in total. The first-order chi connectivity index (χ1) is 12.4. The van der Waals surface area contributed by atoms with Gasteiger partial charge in [0.25, 0.3) is 5.91 Å². The molecule has 0 aliphatic rings. The predicted molar refractivity (Wildman–Crippen MR) is 103 cm³/mol. The molecule has 3 nitrogen and oxygen atoms in total. The fraction of sp³-hybridized carbons (Fsp3) is 0.235. The van der Waals surface area contributed by atoms with Gasteiger partial charge in [-0.3, -0.25) is 4.79 Å². The average molecular weight is 460 g/mol. The van der Waals surface area contributed by atoms with Crippen LogP contribution in [0.1, 0.15) is 21.5 Å². The lowest BCUT2D eigenvalue weighted by atomic mass is 10.1. The Balaban J connectivity index is 2.29. The van der Waals surface area contributed by atoms with Crippen LogP contribution < -0.4 is 10.6 Å². The van der Waals surface area contributed by atoms with Crippen LogP contribution in [0.2, 0.25) is 5.02 Å². The van der Waals surface area contributed by atoms with E-state index in [-0.39, 0.29) is 10.7 Å². The summed E-state index contributed by atoms with van der Waals surface area (Å²) in [5.41, 5.74) is 0.0444. The summed E-state index contributed by atoms with van der Waals surface area (Å²) in [5.74, 6) is -0.578. The zero-order valence-electron chi connectivity index (χ0n) is 13.7. The van der Waals surface area contributed by atoms with Crippen molar-refractivity contribution < 1.29 is 18.0 Å². The van der Waals surface area contributed by atoms with Crippen molar-refractivity contribution in [2.45, 2.75) is 23.1 Å². The maximum absolute atomic E-state index is 12.9. The van der Waals surface area contributed by atoms with Crippen LogP contribution in [-0.2, 0) is 6.18 Å². The molecule has 27 heavy (non-hydrogen) atoms. The lowest BCUT2D eigenvalue weighted by Crippen LogP contribution is -2.49. The molecule has 0 heterocycles. The van der Waals surface area contributed by atoms with Crippen molar-refractivity contribution >= 4 is 58.0 Å². The Labute approximate surface area is 173 Å². The second kappa shape index (κ2) is 8.35. The molecule has 2 aromatic rings. The molecule has 0 saturated carbocycles. The standard InChI is InChI=1S/C17H13Cl4F3N2O/c1-9-3-2-4-10(7-9)14(27)26-15(16(19,20)21)25-13-8-11(17(22,23)24)5-6-12(13)18/h2-8,15,25H,1H3,(H,26,27)/t15-/m1/s1. The Morgan fingerprint density at radius 1 is 1.07 bits per heavy atom. The van der Waals surface area contributed by atoms with Crippen LogP contribution in [-0.4, -0.2) is 15.9 Å². The van der Waals surface area contributed by atoms with E-state index in [0.29, 0.717) is 5.56 Å². The molecule has 0 unspecified atom stereocenters. The number of carbonyl (C=O) groups is 1. The number of hydrogen-bond acceptors (Lipinski definition) is 2. The number of nitrogens with one attached hydrogen (secondary N) is 2. The lowest BCUT2D eigenvalue weighted by Gasteiger charge is -2.28. The van der Waals surface area contributed by atoms with E-state index in [1.807, 2.05) is 0 Å². The minimum Gasteiger partial charge on any atom is -0.361 e. The maximum atomic E-state index is 12.9. The van der Waals surface area contributed by atoms with E-state index < -0.39 is 27.6 Å². The van der Waals surface area contributed by atoms with Gasteiger partial charge in [-0.1, -0.05) is 64.1 Å². The third-order valence-corrected chi connectivity index (χ3v) is 4.46. The van der Waals surface area contributed by atoms with Crippen LogP contribution in [0, 0.1) is 6.92 Å². The SMILES string of the molecule is Cc1cccc(C(=O)N[C@@H](Nc2cc(C(F)(F)F)ccc2Cl)C(Cl)(Cl)Cl)c1. The van der Waals surface area contributed by atoms with E-state index in [0.717, 1.165) is 23.8 Å². The van der Waals surface area contributed by atoms with Crippen LogP contribution >= 0.6 is 46.4 Å². The average Bonchev–Trinajstić information content (AvgIpc) is 2.54. The second-order valence-corrected chi connectivity index (χ2v) is 8.43. The minimum absolute atomic E-state index is 0.0351. The topological polar surface area (TPSA) is 41.1 Å². The third-order valence-electron chi connectivity index (χ3n) is 3.48. The summed E-state index contributed by atoms with van der Waals surface area (Å²) in [6.07, 6.45) is -5.93. The highest BCUT2D eigenvalue weighted by Crippen LogP contribution is 2.36. The Morgan fingerprint density at radius 2 is 1.74 bits per heavy atom. The molecule has 0 aliphatic heterocycles. The van der Waals surface area contributed by atoms with Crippen LogP contribution in [0.5, 0.6) is 0 Å². The number of carbonyl (C=O) groups excluding carboxylic acids is 1. The fourth-order valence-corrected chi connectivity index (χ4v) is 2.67. The fourth-order valence-electron chi connectivity index (χ4n) is 2.17. The van der Waals surface area contributed by atoms with Crippen molar-refractivity contribution in [2.75, 3.05) is 5.32 Å². The third kappa shape index (κ3) is 6.07. The number of aryl methyl sites for hydroxylation is 1. The van der Waals surface area contributed by atoms with Crippen molar-refractivity contribution in [3.8, 4) is 0 Å². The first-order valence-electron chi connectivity index (χ1n) is 7.45. The summed E-state index contributed by atoms with van der Waals surface area (Å²) < 4.78 is 36.7. The molecular weight excluding hydrogens is 447 g/mol. The Morgan fingerprint density at radius 3 is 2.30 bits per heavy atom. The minimum atomic E-state index is -4.58. The maximum Gasteiger partial charge on any atom is 0.416 e. The van der Waals surface area contributed by atoms with Gasteiger partial charge in [-0.2, -0.15) is 13.2 Å². The molecule has 146 valence electrons. The molecule has 1 amide bonds. The predicted octanol–water partition coefficient (Wildman–Crippen LogP) is 6.21. The van der Waals surface area contributed by atoms with E-state index in [1.165, 1.54) is 0 Å². The molecular formula is C17H13Cl4F3N2O. The molecule has 2 rings (SSSR count). The Hall–Kier alpha value is -1.34.